The van der Waals surface area contributed by atoms with E-state index in [2.05, 4.69) is 16.8 Å². The molecular formula is C9H11ClN2O. The van der Waals surface area contributed by atoms with Crippen molar-refractivity contribution >= 4 is 17.2 Å². The van der Waals surface area contributed by atoms with Gasteiger partial charge in [0.05, 0.1) is 7.11 Å². The Labute approximate surface area is 82.4 Å². The van der Waals surface area contributed by atoms with Gasteiger partial charge in [-0.15, -0.1) is 10.2 Å². The Morgan fingerprint density at radius 1 is 1.62 bits per heavy atom. The minimum atomic E-state index is 0.324. The van der Waals surface area contributed by atoms with Gasteiger partial charge in [0.1, 0.15) is 11.4 Å². The van der Waals surface area contributed by atoms with Crippen LogP contribution in [0.5, 0.6) is 5.75 Å². The van der Waals surface area contributed by atoms with Gasteiger partial charge in [0, 0.05) is 6.07 Å². The molecule has 70 valence electrons. The molecule has 1 aromatic heterocycles. The van der Waals surface area contributed by atoms with E-state index in [-0.39, 0.29) is 0 Å². The highest BCUT2D eigenvalue weighted by Crippen LogP contribution is 2.25. The van der Waals surface area contributed by atoms with E-state index in [1.165, 1.54) is 0 Å². The summed E-state index contributed by atoms with van der Waals surface area (Å²) in [5.74, 6) is 0.617. The molecule has 3 nitrogen and oxygen atoms in total. The molecule has 0 unspecified atom stereocenters. The fraction of sp³-hybridized carbons (Fsp3) is 0.333. The van der Waals surface area contributed by atoms with Crippen molar-refractivity contribution in [3.8, 4) is 5.75 Å². The Hall–Kier alpha value is -1.09. The molecule has 13 heavy (non-hydrogen) atoms. The lowest BCUT2D eigenvalue weighted by molar-refractivity contribution is 0.410. The second-order valence-electron chi connectivity index (χ2n) is 2.54. The van der Waals surface area contributed by atoms with Crippen molar-refractivity contribution in [1.82, 2.24) is 10.2 Å². The SMILES string of the molecule is C=C(CC)c1nnc(Cl)cc1OC. The number of hydrogen-bond acceptors (Lipinski definition) is 3. The Bertz CT molecular complexity index is 325. The molecule has 0 saturated carbocycles. The van der Waals surface area contributed by atoms with Gasteiger partial charge in [-0.25, -0.2) is 0 Å². The van der Waals surface area contributed by atoms with Crippen LogP contribution in [0.4, 0.5) is 0 Å². The summed E-state index contributed by atoms with van der Waals surface area (Å²) >= 11 is 5.66. The molecule has 0 saturated heterocycles. The Morgan fingerprint density at radius 2 is 2.31 bits per heavy atom. The van der Waals surface area contributed by atoms with Crippen LogP contribution in [0.2, 0.25) is 5.15 Å². The Kier molecular flexibility index (Phi) is 3.25. The first-order chi connectivity index (χ1) is 6.19. The van der Waals surface area contributed by atoms with Crippen molar-refractivity contribution < 1.29 is 4.74 Å². The van der Waals surface area contributed by atoms with E-state index in [1.807, 2.05) is 6.92 Å². The van der Waals surface area contributed by atoms with Gasteiger partial charge < -0.3 is 4.74 Å². The van der Waals surface area contributed by atoms with E-state index in [0.717, 1.165) is 12.0 Å². The van der Waals surface area contributed by atoms with Gasteiger partial charge in [0.15, 0.2) is 5.15 Å². The van der Waals surface area contributed by atoms with Gasteiger partial charge in [-0.05, 0) is 12.0 Å². The zero-order chi connectivity index (χ0) is 9.84. The minimum Gasteiger partial charge on any atom is -0.494 e. The molecule has 0 aliphatic carbocycles. The zero-order valence-electron chi connectivity index (χ0n) is 7.67. The van der Waals surface area contributed by atoms with Crippen molar-refractivity contribution in [2.45, 2.75) is 13.3 Å². The lowest BCUT2D eigenvalue weighted by atomic mass is 10.1. The highest BCUT2D eigenvalue weighted by Gasteiger charge is 2.08. The number of halogens is 1. The maximum atomic E-state index is 5.66. The van der Waals surface area contributed by atoms with Gasteiger partial charge in [0.25, 0.3) is 0 Å². The van der Waals surface area contributed by atoms with E-state index in [0.29, 0.717) is 16.6 Å². The lowest BCUT2D eigenvalue weighted by Gasteiger charge is -2.06. The van der Waals surface area contributed by atoms with Gasteiger partial charge in [-0.2, -0.15) is 0 Å². The predicted octanol–water partition coefficient (Wildman–Crippen LogP) is 2.56. The maximum Gasteiger partial charge on any atom is 0.155 e. The number of methoxy groups -OCH3 is 1. The maximum absolute atomic E-state index is 5.66. The third-order valence-electron chi connectivity index (χ3n) is 1.71. The van der Waals surface area contributed by atoms with E-state index < -0.39 is 0 Å². The molecule has 0 bridgehead atoms. The van der Waals surface area contributed by atoms with Gasteiger partial charge >= 0.3 is 0 Å². The molecule has 0 fully saturated rings. The molecule has 0 aliphatic rings. The summed E-state index contributed by atoms with van der Waals surface area (Å²) < 4.78 is 5.10. The fourth-order valence-corrected chi connectivity index (χ4v) is 1.06. The van der Waals surface area contributed by atoms with Crippen LogP contribution in [0.3, 0.4) is 0 Å². The lowest BCUT2D eigenvalue weighted by Crippen LogP contribution is -1.96. The minimum absolute atomic E-state index is 0.324. The molecule has 4 heteroatoms. The van der Waals surface area contributed by atoms with Crippen molar-refractivity contribution in [2.75, 3.05) is 7.11 Å². The third-order valence-corrected chi connectivity index (χ3v) is 1.90. The first-order valence-corrected chi connectivity index (χ1v) is 4.32. The van der Waals surface area contributed by atoms with Crippen LogP contribution in [-0.4, -0.2) is 17.3 Å². The fourth-order valence-electron chi connectivity index (χ4n) is 0.920. The average Bonchev–Trinajstić information content (AvgIpc) is 2.16. The standard InChI is InChI=1S/C9H11ClN2O/c1-4-6(2)9-7(13-3)5-8(10)11-12-9/h5H,2,4H2,1,3H3. The monoisotopic (exact) mass is 198 g/mol. The van der Waals surface area contributed by atoms with Crippen LogP contribution >= 0.6 is 11.6 Å². The van der Waals surface area contributed by atoms with Crippen LogP contribution in [0, 0.1) is 0 Å². The third kappa shape index (κ3) is 2.18. The summed E-state index contributed by atoms with van der Waals surface area (Å²) in [7, 11) is 1.57. The average molecular weight is 199 g/mol. The second-order valence-corrected chi connectivity index (χ2v) is 2.93. The highest BCUT2D eigenvalue weighted by atomic mass is 35.5. The van der Waals surface area contributed by atoms with Crippen LogP contribution in [0.1, 0.15) is 19.0 Å². The molecule has 0 atom stereocenters. The van der Waals surface area contributed by atoms with Crippen LogP contribution in [0.25, 0.3) is 5.57 Å². The van der Waals surface area contributed by atoms with Crippen LogP contribution in [0.15, 0.2) is 12.6 Å². The first kappa shape index (κ1) is 9.99. The summed E-state index contributed by atoms with van der Waals surface area (Å²) in [5.41, 5.74) is 1.57. The molecular weight excluding hydrogens is 188 g/mol. The van der Waals surface area contributed by atoms with Crippen molar-refractivity contribution in [1.29, 1.82) is 0 Å². The molecule has 1 heterocycles. The van der Waals surface area contributed by atoms with E-state index in [9.17, 15) is 0 Å². The van der Waals surface area contributed by atoms with Gasteiger partial charge in [-0.3, -0.25) is 0 Å². The topological polar surface area (TPSA) is 35.0 Å². The zero-order valence-corrected chi connectivity index (χ0v) is 8.43. The molecule has 0 radical (unpaired) electrons. The molecule has 0 spiro atoms. The molecule has 1 aromatic rings. The van der Waals surface area contributed by atoms with E-state index in [4.69, 9.17) is 16.3 Å². The summed E-state index contributed by atoms with van der Waals surface area (Å²) in [6.07, 6.45) is 0.812. The number of rotatable bonds is 3. The van der Waals surface area contributed by atoms with Crippen molar-refractivity contribution in [3.63, 3.8) is 0 Å². The molecule has 1 rings (SSSR count). The number of aromatic nitrogens is 2. The normalized spacial score (nSPS) is 9.77. The predicted molar refractivity (Wildman–Crippen MR) is 52.9 cm³/mol. The number of allylic oxidation sites excluding steroid dienone is 1. The van der Waals surface area contributed by atoms with E-state index in [1.54, 1.807) is 13.2 Å². The van der Waals surface area contributed by atoms with Crippen LogP contribution < -0.4 is 4.74 Å². The molecule has 0 aliphatic heterocycles. The van der Waals surface area contributed by atoms with Gasteiger partial charge in [-0.1, -0.05) is 25.1 Å². The first-order valence-electron chi connectivity index (χ1n) is 3.94. The summed E-state index contributed by atoms with van der Waals surface area (Å²) in [6, 6.07) is 1.63. The quantitative estimate of drug-likeness (QED) is 0.749. The van der Waals surface area contributed by atoms with Crippen molar-refractivity contribution in [3.05, 3.63) is 23.5 Å². The largest absolute Gasteiger partial charge is 0.494 e. The van der Waals surface area contributed by atoms with E-state index >= 15 is 0 Å². The second kappa shape index (κ2) is 4.23. The van der Waals surface area contributed by atoms with Crippen molar-refractivity contribution in [2.24, 2.45) is 0 Å². The molecule has 0 N–H and O–H groups in total. The highest BCUT2D eigenvalue weighted by molar-refractivity contribution is 6.29. The summed E-state index contributed by atoms with van der Waals surface area (Å²) in [5, 5.41) is 7.97. The summed E-state index contributed by atoms with van der Waals surface area (Å²) in [4.78, 5) is 0. The molecule has 0 aromatic carbocycles. The smallest absolute Gasteiger partial charge is 0.155 e. The number of ether oxygens (including phenoxy) is 1. The van der Waals surface area contributed by atoms with Gasteiger partial charge in [0.2, 0.25) is 0 Å². The number of nitrogens with zero attached hydrogens (tertiary/aromatic N) is 2. The van der Waals surface area contributed by atoms with Crippen LogP contribution in [-0.2, 0) is 0 Å². The number of hydrogen-bond donors (Lipinski definition) is 0. The Morgan fingerprint density at radius 3 is 2.85 bits per heavy atom. The summed E-state index contributed by atoms with van der Waals surface area (Å²) in [6.45, 7) is 5.85. The Balaban J connectivity index is 3.13. The molecule has 0 amide bonds.